The van der Waals surface area contributed by atoms with Crippen LogP contribution >= 0.6 is 23.5 Å². The highest BCUT2D eigenvalue weighted by Crippen LogP contribution is 2.38. The third-order valence-corrected chi connectivity index (χ3v) is 5.41. The average Bonchev–Trinajstić information content (AvgIpc) is 3.09. The van der Waals surface area contributed by atoms with Gasteiger partial charge in [0.1, 0.15) is 22.1 Å². The van der Waals surface area contributed by atoms with E-state index in [2.05, 4.69) is 5.32 Å². The maximum Gasteiger partial charge on any atom is 0.294 e. The predicted molar refractivity (Wildman–Crippen MR) is 99.1 cm³/mol. The second kappa shape index (κ2) is 7.84. The molecule has 2 N–H and O–H groups in total. The Bertz CT molecular complexity index is 881. The summed E-state index contributed by atoms with van der Waals surface area (Å²) in [7, 11) is 0. The van der Waals surface area contributed by atoms with Gasteiger partial charge in [-0.05, 0) is 54.7 Å². The van der Waals surface area contributed by atoms with Gasteiger partial charge in [-0.2, -0.15) is 0 Å². The summed E-state index contributed by atoms with van der Waals surface area (Å²) < 4.78 is 5.30. The van der Waals surface area contributed by atoms with Crippen LogP contribution in [0.1, 0.15) is 6.92 Å². The lowest BCUT2D eigenvalue weighted by molar-refractivity contribution is -0.127. The quantitative estimate of drug-likeness (QED) is 0.710. The van der Waals surface area contributed by atoms with E-state index in [4.69, 9.17) is 4.74 Å². The molecule has 27 heavy (non-hydrogen) atoms. The summed E-state index contributed by atoms with van der Waals surface area (Å²) in [5.41, 5.74) is 0.477. The van der Waals surface area contributed by atoms with Crippen molar-refractivity contribution in [1.82, 2.24) is 10.2 Å². The minimum atomic E-state index is -0.779. The van der Waals surface area contributed by atoms with Crippen molar-refractivity contribution in [3.63, 3.8) is 0 Å². The lowest BCUT2D eigenvalue weighted by Crippen LogP contribution is -2.36. The van der Waals surface area contributed by atoms with E-state index in [1.165, 1.54) is 0 Å². The van der Waals surface area contributed by atoms with Crippen LogP contribution in [0.15, 0.2) is 34.1 Å². The van der Waals surface area contributed by atoms with E-state index in [0.717, 1.165) is 4.90 Å². The Morgan fingerprint density at radius 2 is 1.81 bits per heavy atom. The van der Waals surface area contributed by atoms with Crippen LogP contribution < -0.4 is 15.4 Å². The molecule has 140 valence electrons. The molecule has 0 radical (unpaired) electrons. The first kappa shape index (κ1) is 19.0. The Hall–Kier alpha value is -2.79. The number of hydrogen-bond acceptors (Lipinski definition) is 8. The van der Waals surface area contributed by atoms with Gasteiger partial charge in [-0.25, -0.2) is 0 Å². The molecule has 1 aromatic carbocycles. The molecule has 11 heteroatoms. The maximum absolute atomic E-state index is 12.4. The smallest absolute Gasteiger partial charge is 0.294 e. The van der Waals surface area contributed by atoms with Gasteiger partial charge in [-0.3, -0.25) is 34.2 Å². The molecule has 2 aliphatic heterocycles. The molecule has 0 spiro atoms. The summed E-state index contributed by atoms with van der Waals surface area (Å²) in [6.07, 6.45) is 0. The first-order chi connectivity index (χ1) is 12.9. The molecule has 3 rings (SSSR count). The number of imide groups is 2. The van der Waals surface area contributed by atoms with Crippen LogP contribution in [0.25, 0.3) is 0 Å². The van der Waals surface area contributed by atoms with E-state index < -0.39 is 34.7 Å². The molecule has 2 aliphatic rings. The van der Waals surface area contributed by atoms with Crippen LogP contribution in [0.2, 0.25) is 0 Å². The monoisotopic (exact) mass is 407 g/mol. The normalized spacial score (nSPS) is 19.5. The number of nitrogens with zero attached hydrogens (tertiary/aromatic N) is 1. The fourth-order valence-electron chi connectivity index (χ4n) is 2.28. The Morgan fingerprint density at radius 3 is 2.41 bits per heavy atom. The summed E-state index contributed by atoms with van der Waals surface area (Å²) in [6.45, 7) is 1.86. The number of anilines is 1. The average molecular weight is 407 g/mol. The van der Waals surface area contributed by atoms with Crippen molar-refractivity contribution in [2.45, 2.75) is 6.92 Å². The fraction of sp³-hybridized carbons (Fsp3) is 0.188. The van der Waals surface area contributed by atoms with Crippen molar-refractivity contribution >= 4 is 57.4 Å². The predicted octanol–water partition coefficient (Wildman–Crippen LogP) is 1.91. The number of thioether (sulfide) groups is 2. The number of amides is 5. The van der Waals surface area contributed by atoms with E-state index in [1.54, 1.807) is 24.3 Å². The molecule has 0 aliphatic carbocycles. The molecule has 2 fully saturated rings. The minimum absolute atomic E-state index is 0.127. The standard InChI is InChI=1S/C16H13N3O6S2/c1-2-25-9-5-3-8(4-6-9)17-10(20)7-19-14(22)12(27-16(19)24)11-13(21)18-15(23)26-11/h3-6H,2,7H2,1H3,(H,17,20)(H,18,21,23)/b12-11+. The lowest BCUT2D eigenvalue weighted by atomic mass is 10.3. The summed E-state index contributed by atoms with van der Waals surface area (Å²) in [6, 6.07) is 6.61. The Balaban J connectivity index is 1.66. The molecular weight excluding hydrogens is 394 g/mol. The highest BCUT2D eigenvalue weighted by Gasteiger charge is 2.42. The van der Waals surface area contributed by atoms with Gasteiger partial charge in [0, 0.05) is 5.69 Å². The zero-order chi connectivity index (χ0) is 19.6. The van der Waals surface area contributed by atoms with Gasteiger partial charge < -0.3 is 10.1 Å². The minimum Gasteiger partial charge on any atom is -0.494 e. The SMILES string of the molecule is CCOc1ccc(NC(=O)CN2C(=O)S/C(=C3/SC(=O)NC3=O)C2=O)cc1. The first-order valence-electron chi connectivity index (χ1n) is 7.73. The molecule has 2 heterocycles. The number of rotatable bonds is 5. The first-order valence-corrected chi connectivity index (χ1v) is 9.36. The van der Waals surface area contributed by atoms with E-state index in [1.807, 2.05) is 12.2 Å². The molecule has 0 unspecified atom stereocenters. The largest absolute Gasteiger partial charge is 0.494 e. The van der Waals surface area contributed by atoms with Gasteiger partial charge >= 0.3 is 0 Å². The van der Waals surface area contributed by atoms with E-state index in [0.29, 0.717) is 41.6 Å². The van der Waals surface area contributed by atoms with Crippen molar-refractivity contribution in [2.75, 3.05) is 18.5 Å². The van der Waals surface area contributed by atoms with Gasteiger partial charge in [0.2, 0.25) is 5.91 Å². The molecule has 2 saturated heterocycles. The number of carbonyl (C=O) groups excluding carboxylic acids is 5. The van der Waals surface area contributed by atoms with Gasteiger partial charge in [0.15, 0.2) is 0 Å². The van der Waals surface area contributed by atoms with Crippen LogP contribution in [0, 0.1) is 0 Å². The summed E-state index contributed by atoms with van der Waals surface area (Å²) in [5.74, 6) is -1.43. The zero-order valence-electron chi connectivity index (χ0n) is 13.9. The second-order valence-corrected chi connectivity index (χ2v) is 7.21. The summed E-state index contributed by atoms with van der Waals surface area (Å²) in [5, 5.41) is 3.30. The maximum atomic E-state index is 12.4. The Morgan fingerprint density at radius 1 is 1.11 bits per heavy atom. The third kappa shape index (κ3) is 4.14. The van der Waals surface area contributed by atoms with Crippen molar-refractivity contribution in [1.29, 1.82) is 0 Å². The van der Waals surface area contributed by atoms with Gasteiger partial charge in [-0.1, -0.05) is 0 Å². The van der Waals surface area contributed by atoms with Crippen molar-refractivity contribution in [3.05, 3.63) is 34.1 Å². The highest BCUT2D eigenvalue weighted by molar-refractivity contribution is 8.22. The zero-order valence-corrected chi connectivity index (χ0v) is 15.6. The number of ether oxygens (including phenoxy) is 1. The van der Waals surface area contributed by atoms with Crippen molar-refractivity contribution < 1.29 is 28.7 Å². The van der Waals surface area contributed by atoms with Crippen LogP contribution in [0.5, 0.6) is 5.75 Å². The topological polar surface area (TPSA) is 122 Å². The molecular formula is C16H13N3O6S2. The highest BCUT2D eigenvalue weighted by atomic mass is 32.2. The number of nitrogens with one attached hydrogen (secondary N) is 2. The molecule has 1 aromatic rings. The number of benzene rings is 1. The third-order valence-electron chi connectivity index (χ3n) is 3.42. The second-order valence-electron chi connectivity index (χ2n) is 5.27. The van der Waals surface area contributed by atoms with Crippen LogP contribution in [-0.2, 0) is 14.4 Å². The Labute approximate surface area is 161 Å². The van der Waals surface area contributed by atoms with Crippen molar-refractivity contribution in [3.8, 4) is 5.75 Å². The van der Waals surface area contributed by atoms with Gasteiger partial charge in [-0.15, -0.1) is 0 Å². The van der Waals surface area contributed by atoms with Crippen LogP contribution in [0.4, 0.5) is 15.3 Å². The molecule has 0 bridgehead atoms. The summed E-state index contributed by atoms with van der Waals surface area (Å²) >= 11 is 1.08. The van der Waals surface area contributed by atoms with E-state index in [-0.39, 0.29) is 9.81 Å². The van der Waals surface area contributed by atoms with E-state index >= 15 is 0 Å². The van der Waals surface area contributed by atoms with Crippen LogP contribution in [-0.4, -0.2) is 46.3 Å². The van der Waals surface area contributed by atoms with Gasteiger partial charge in [0.25, 0.3) is 22.3 Å². The van der Waals surface area contributed by atoms with Crippen molar-refractivity contribution in [2.24, 2.45) is 0 Å². The number of hydrogen-bond donors (Lipinski definition) is 2. The fourth-order valence-corrected chi connectivity index (χ4v) is 4.00. The van der Waals surface area contributed by atoms with Crippen LogP contribution in [0.3, 0.4) is 0 Å². The Kier molecular flexibility index (Phi) is 5.51. The molecule has 0 atom stereocenters. The molecule has 5 amide bonds. The molecule has 9 nitrogen and oxygen atoms in total. The van der Waals surface area contributed by atoms with E-state index in [9.17, 15) is 24.0 Å². The lowest BCUT2D eigenvalue weighted by Gasteiger charge is -2.12. The van der Waals surface area contributed by atoms with Gasteiger partial charge in [0.05, 0.1) is 6.61 Å². The number of carbonyl (C=O) groups is 5. The molecule has 0 saturated carbocycles. The summed E-state index contributed by atoms with van der Waals surface area (Å²) in [4.78, 5) is 60.0. The molecule has 0 aromatic heterocycles.